The van der Waals surface area contributed by atoms with Crippen molar-refractivity contribution in [1.82, 2.24) is 9.78 Å². The molecule has 1 aliphatic rings. The lowest BCUT2D eigenvalue weighted by Crippen LogP contribution is -2.34. The van der Waals surface area contributed by atoms with Crippen molar-refractivity contribution < 1.29 is 4.79 Å². The molecular formula is C14H25ClN4O. The highest BCUT2D eigenvalue weighted by atomic mass is 35.5. The predicted octanol–water partition coefficient (Wildman–Crippen LogP) is 2.42. The zero-order valence-corrected chi connectivity index (χ0v) is 13.2. The molecule has 0 spiro atoms. The van der Waals surface area contributed by atoms with E-state index < -0.39 is 0 Å². The quantitative estimate of drug-likeness (QED) is 0.900. The number of amides is 1. The molecule has 1 heterocycles. The number of nitrogens with zero attached hydrogens (tertiary/aromatic N) is 2. The highest BCUT2D eigenvalue weighted by Crippen LogP contribution is 2.27. The second-order valence-corrected chi connectivity index (χ2v) is 5.87. The van der Waals surface area contributed by atoms with Crippen molar-refractivity contribution in [3.63, 3.8) is 0 Å². The van der Waals surface area contributed by atoms with Crippen LogP contribution in [0, 0.1) is 5.92 Å². The van der Waals surface area contributed by atoms with Crippen molar-refractivity contribution in [3.05, 3.63) is 11.9 Å². The molecular weight excluding hydrogens is 276 g/mol. The maximum atomic E-state index is 12.3. The maximum Gasteiger partial charge on any atom is 0.227 e. The van der Waals surface area contributed by atoms with Gasteiger partial charge in [-0.1, -0.05) is 20.3 Å². The van der Waals surface area contributed by atoms with E-state index in [0.29, 0.717) is 5.92 Å². The standard InChI is InChI=1S/C14H24N4O.ClH/c1-9(2)13-12(8-18(3)17-13)16-14(19)10-5-4-6-11(15)7-10;/h8-11H,4-7,15H2,1-3H3,(H,16,19);1H. The van der Waals surface area contributed by atoms with Crippen molar-refractivity contribution in [2.45, 2.75) is 51.5 Å². The lowest BCUT2D eigenvalue weighted by Gasteiger charge is -2.25. The summed E-state index contributed by atoms with van der Waals surface area (Å²) < 4.78 is 1.75. The van der Waals surface area contributed by atoms with Gasteiger partial charge < -0.3 is 11.1 Å². The van der Waals surface area contributed by atoms with Crippen LogP contribution in [-0.2, 0) is 11.8 Å². The van der Waals surface area contributed by atoms with Crippen LogP contribution in [0.1, 0.15) is 51.1 Å². The van der Waals surface area contributed by atoms with Gasteiger partial charge in [-0.25, -0.2) is 0 Å². The number of hydrogen-bond acceptors (Lipinski definition) is 3. The molecule has 0 aliphatic heterocycles. The summed E-state index contributed by atoms with van der Waals surface area (Å²) in [5, 5.41) is 7.43. The Hall–Kier alpha value is -1.07. The van der Waals surface area contributed by atoms with E-state index in [2.05, 4.69) is 24.3 Å². The summed E-state index contributed by atoms with van der Waals surface area (Å²) >= 11 is 0. The number of carbonyl (C=O) groups excluding carboxylic acids is 1. The topological polar surface area (TPSA) is 72.9 Å². The van der Waals surface area contributed by atoms with Gasteiger partial charge >= 0.3 is 0 Å². The van der Waals surface area contributed by atoms with Crippen molar-refractivity contribution >= 4 is 24.0 Å². The lowest BCUT2D eigenvalue weighted by molar-refractivity contribution is -0.120. The number of carbonyl (C=O) groups is 1. The number of halogens is 1. The highest BCUT2D eigenvalue weighted by molar-refractivity contribution is 5.93. The van der Waals surface area contributed by atoms with E-state index in [9.17, 15) is 4.79 Å². The summed E-state index contributed by atoms with van der Waals surface area (Å²) in [6.07, 6.45) is 5.69. The fourth-order valence-electron chi connectivity index (χ4n) is 2.73. The van der Waals surface area contributed by atoms with Crippen molar-refractivity contribution in [1.29, 1.82) is 0 Å². The number of rotatable bonds is 3. The Morgan fingerprint density at radius 2 is 2.20 bits per heavy atom. The van der Waals surface area contributed by atoms with Gasteiger partial charge in [0.05, 0.1) is 11.4 Å². The molecule has 2 rings (SSSR count). The van der Waals surface area contributed by atoms with E-state index in [1.54, 1.807) is 4.68 Å². The third kappa shape index (κ3) is 3.96. The van der Waals surface area contributed by atoms with Crippen molar-refractivity contribution in [2.24, 2.45) is 18.7 Å². The molecule has 1 amide bonds. The summed E-state index contributed by atoms with van der Waals surface area (Å²) in [7, 11) is 1.87. The third-order valence-electron chi connectivity index (χ3n) is 3.75. The van der Waals surface area contributed by atoms with Crippen LogP contribution in [-0.4, -0.2) is 21.7 Å². The molecule has 3 N–H and O–H groups in total. The SMILES string of the molecule is CC(C)c1nn(C)cc1NC(=O)C1CCCC(N)C1.Cl. The van der Waals surface area contributed by atoms with Crippen LogP contribution in [0.3, 0.4) is 0 Å². The van der Waals surface area contributed by atoms with Gasteiger partial charge in [0.1, 0.15) is 0 Å². The van der Waals surface area contributed by atoms with Gasteiger partial charge in [0.25, 0.3) is 0 Å². The van der Waals surface area contributed by atoms with Gasteiger partial charge in [-0.15, -0.1) is 12.4 Å². The van der Waals surface area contributed by atoms with Gasteiger partial charge in [0, 0.05) is 25.2 Å². The molecule has 6 heteroatoms. The molecule has 1 aromatic rings. The largest absolute Gasteiger partial charge is 0.328 e. The molecule has 1 aromatic heterocycles. The monoisotopic (exact) mass is 300 g/mol. The van der Waals surface area contributed by atoms with Crippen LogP contribution in [0.5, 0.6) is 0 Å². The fourth-order valence-corrected chi connectivity index (χ4v) is 2.73. The smallest absolute Gasteiger partial charge is 0.227 e. The lowest BCUT2D eigenvalue weighted by atomic mass is 9.85. The first-order valence-corrected chi connectivity index (χ1v) is 7.07. The molecule has 0 radical (unpaired) electrons. The van der Waals surface area contributed by atoms with Crippen LogP contribution in [0.15, 0.2) is 6.20 Å². The second-order valence-electron chi connectivity index (χ2n) is 5.87. The van der Waals surface area contributed by atoms with E-state index in [0.717, 1.165) is 37.1 Å². The van der Waals surface area contributed by atoms with Gasteiger partial charge in [-0.2, -0.15) is 5.10 Å². The fraction of sp³-hybridized carbons (Fsp3) is 0.714. The van der Waals surface area contributed by atoms with Crippen molar-refractivity contribution in [3.8, 4) is 0 Å². The normalized spacial score (nSPS) is 22.4. The molecule has 0 aromatic carbocycles. The average Bonchev–Trinajstić information content (AvgIpc) is 2.70. The van der Waals surface area contributed by atoms with Crippen LogP contribution in [0.25, 0.3) is 0 Å². The Balaban J connectivity index is 0.00000200. The van der Waals surface area contributed by atoms with Gasteiger partial charge in [-0.05, 0) is 25.2 Å². The molecule has 2 atom stereocenters. The number of aromatic nitrogens is 2. The summed E-state index contributed by atoms with van der Waals surface area (Å²) in [5.41, 5.74) is 7.72. The predicted molar refractivity (Wildman–Crippen MR) is 83.1 cm³/mol. The number of aryl methyl sites for hydroxylation is 1. The molecule has 114 valence electrons. The van der Waals surface area contributed by atoms with Crippen molar-refractivity contribution in [2.75, 3.05) is 5.32 Å². The molecule has 1 fully saturated rings. The summed E-state index contributed by atoms with van der Waals surface area (Å²) in [5.74, 6) is 0.430. The Morgan fingerprint density at radius 3 is 2.80 bits per heavy atom. The molecule has 5 nitrogen and oxygen atoms in total. The van der Waals surface area contributed by atoms with E-state index in [4.69, 9.17) is 5.73 Å². The molecule has 0 saturated heterocycles. The average molecular weight is 301 g/mol. The minimum absolute atomic E-state index is 0. The second kappa shape index (κ2) is 7.09. The van der Waals surface area contributed by atoms with Gasteiger partial charge in [0.2, 0.25) is 5.91 Å². The number of nitrogens with two attached hydrogens (primary N) is 1. The molecule has 1 saturated carbocycles. The minimum Gasteiger partial charge on any atom is -0.328 e. The summed E-state index contributed by atoms with van der Waals surface area (Å²) in [6, 6.07) is 0.169. The highest BCUT2D eigenvalue weighted by Gasteiger charge is 2.26. The summed E-state index contributed by atoms with van der Waals surface area (Å²) in [4.78, 5) is 12.3. The first-order chi connectivity index (χ1) is 8.97. The Kier molecular flexibility index (Phi) is 6.02. The minimum atomic E-state index is 0. The first-order valence-electron chi connectivity index (χ1n) is 7.07. The first kappa shape index (κ1) is 17.0. The number of nitrogens with one attached hydrogen (secondary N) is 1. The zero-order valence-electron chi connectivity index (χ0n) is 12.4. The summed E-state index contributed by atoms with van der Waals surface area (Å²) in [6.45, 7) is 4.16. The van der Waals surface area contributed by atoms with E-state index in [1.807, 2.05) is 13.2 Å². The van der Waals surface area contributed by atoms with E-state index in [-0.39, 0.29) is 30.3 Å². The van der Waals surface area contributed by atoms with Gasteiger partial charge in [-0.3, -0.25) is 9.48 Å². The van der Waals surface area contributed by atoms with Crippen LogP contribution >= 0.6 is 12.4 Å². The molecule has 1 aliphatic carbocycles. The Labute approximate surface area is 126 Å². The van der Waals surface area contributed by atoms with Crippen LogP contribution in [0.4, 0.5) is 5.69 Å². The molecule has 2 unspecified atom stereocenters. The van der Waals surface area contributed by atoms with Gasteiger partial charge in [0.15, 0.2) is 0 Å². The van der Waals surface area contributed by atoms with E-state index >= 15 is 0 Å². The van der Waals surface area contributed by atoms with Crippen LogP contribution < -0.4 is 11.1 Å². The maximum absolute atomic E-state index is 12.3. The Morgan fingerprint density at radius 1 is 1.50 bits per heavy atom. The number of hydrogen-bond donors (Lipinski definition) is 2. The Bertz CT molecular complexity index is 458. The third-order valence-corrected chi connectivity index (χ3v) is 3.75. The molecule has 0 bridgehead atoms. The molecule has 20 heavy (non-hydrogen) atoms. The zero-order chi connectivity index (χ0) is 14.0. The van der Waals surface area contributed by atoms with E-state index in [1.165, 1.54) is 0 Å². The van der Waals surface area contributed by atoms with Crippen LogP contribution in [0.2, 0.25) is 0 Å². The number of anilines is 1.